The Bertz CT molecular complexity index is 706. The van der Waals surface area contributed by atoms with Gasteiger partial charge in [0, 0.05) is 25.9 Å². The van der Waals surface area contributed by atoms with Gasteiger partial charge < -0.3 is 19.6 Å². The normalized spacial score (nSPS) is 16.7. The second-order valence-corrected chi connectivity index (χ2v) is 7.08. The predicted octanol–water partition coefficient (Wildman–Crippen LogP) is 1.83. The topological polar surface area (TPSA) is 104 Å². The number of likely N-dealkylation sites (tertiary alicyclic amines) is 2. The molecular formula is C21H28N2O6. The third-order valence-electron chi connectivity index (χ3n) is 4.73. The zero-order valence-corrected chi connectivity index (χ0v) is 16.5. The number of carbonyl (C=O) groups is 4. The number of hydrogen-bond donors (Lipinski definition) is 1. The average Bonchev–Trinajstić information content (AvgIpc) is 2.71. The fourth-order valence-electron chi connectivity index (χ4n) is 3.16. The molecule has 2 amide bonds. The Kier molecular flexibility index (Phi) is 9.14. The van der Waals surface area contributed by atoms with Gasteiger partial charge >= 0.3 is 11.9 Å². The van der Waals surface area contributed by atoms with E-state index in [1.807, 2.05) is 30.3 Å². The molecule has 0 radical (unpaired) electrons. The first-order valence-electron chi connectivity index (χ1n) is 9.92. The van der Waals surface area contributed by atoms with E-state index in [2.05, 4.69) is 0 Å². The summed E-state index contributed by atoms with van der Waals surface area (Å²) in [6.45, 7) is 1.47. The van der Waals surface area contributed by atoms with Crippen LogP contribution in [-0.4, -0.2) is 64.8 Å². The van der Waals surface area contributed by atoms with E-state index in [0.29, 0.717) is 25.9 Å². The smallest absolute Gasteiger partial charge is 0.325 e. The lowest BCUT2D eigenvalue weighted by molar-refractivity contribution is -0.151. The Morgan fingerprint density at radius 1 is 0.862 bits per heavy atom. The Labute approximate surface area is 170 Å². The number of aliphatic carboxylic acids is 1. The van der Waals surface area contributed by atoms with Gasteiger partial charge in [0.2, 0.25) is 11.8 Å². The third-order valence-corrected chi connectivity index (χ3v) is 4.73. The monoisotopic (exact) mass is 404 g/mol. The van der Waals surface area contributed by atoms with Crippen molar-refractivity contribution in [3.05, 3.63) is 35.9 Å². The molecule has 1 aromatic carbocycles. The first-order chi connectivity index (χ1) is 14.0. The van der Waals surface area contributed by atoms with Crippen molar-refractivity contribution < 1.29 is 29.0 Å². The summed E-state index contributed by atoms with van der Waals surface area (Å²) in [5.74, 6) is -1.24. The van der Waals surface area contributed by atoms with Crippen LogP contribution in [0, 0.1) is 0 Å². The minimum absolute atomic E-state index is 0.0290. The number of carboxylic acid groups (broad SMARTS) is 1. The molecule has 2 aliphatic rings. The zero-order valence-electron chi connectivity index (χ0n) is 16.5. The number of esters is 1. The molecule has 2 saturated heterocycles. The first-order valence-corrected chi connectivity index (χ1v) is 9.92. The number of hydrogen-bond acceptors (Lipinski definition) is 5. The van der Waals surface area contributed by atoms with Gasteiger partial charge in [0.15, 0.2) is 0 Å². The molecule has 8 nitrogen and oxygen atoms in total. The van der Waals surface area contributed by atoms with Crippen LogP contribution in [0.2, 0.25) is 0 Å². The Morgan fingerprint density at radius 3 is 1.93 bits per heavy atom. The maximum Gasteiger partial charge on any atom is 0.325 e. The molecule has 0 unspecified atom stereocenters. The molecular weight excluding hydrogens is 376 g/mol. The Hall–Kier alpha value is -2.90. The molecule has 29 heavy (non-hydrogen) atoms. The maximum atomic E-state index is 11.6. The summed E-state index contributed by atoms with van der Waals surface area (Å²) in [6, 6.07) is 9.52. The predicted molar refractivity (Wildman–Crippen MR) is 105 cm³/mol. The Morgan fingerprint density at radius 2 is 1.41 bits per heavy atom. The van der Waals surface area contributed by atoms with Gasteiger partial charge in [-0.2, -0.15) is 0 Å². The summed E-state index contributed by atoms with van der Waals surface area (Å²) in [5.41, 5.74) is 0.954. The highest BCUT2D eigenvalue weighted by molar-refractivity contribution is 5.82. The summed E-state index contributed by atoms with van der Waals surface area (Å²) >= 11 is 0. The summed E-state index contributed by atoms with van der Waals surface area (Å²) in [7, 11) is 0. The van der Waals surface area contributed by atoms with Crippen LogP contribution in [0.25, 0.3) is 0 Å². The van der Waals surface area contributed by atoms with Crippen molar-refractivity contribution in [3.63, 3.8) is 0 Å². The van der Waals surface area contributed by atoms with Gasteiger partial charge in [-0.25, -0.2) is 0 Å². The quantitative estimate of drug-likeness (QED) is 0.726. The van der Waals surface area contributed by atoms with Crippen molar-refractivity contribution in [1.82, 2.24) is 9.80 Å². The standard InChI is InChI=1S/C14H17NO3.C7H11NO3/c16-13-8-4-5-9-15(13)10-14(17)18-11-12-6-2-1-3-7-12;9-6-3-1-2-4-8(6)5-7(10)11/h1-3,6-7H,4-5,8-11H2;1-5H2,(H,10,11). The molecule has 0 aromatic heterocycles. The molecule has 158 valence electrons. The summed E-state index contributed by atoms with van der Waals surface area (Å²) in [6.07, 6.45) is 4.78. The van der Waals surface area contributed by atoms with Gasteiger partial charge in [-0.05, 0) is 31.2 Å². The van der Waals surface area contributed by atoms with Gasteiger partial charge in [-0.3, -0.25) is 19.2 Å². The van der Waals surface area contributed by atoms with Gasteiger partial charge in [-0.15, -0.1) is 0 Å². The minimum Gasteiger partial charge on any atom is -0.480 e. The number of amides is 2. The molecule has 2 aliphatic heterocycles. The SMILES string of the molecule is O=C(CN1CCCCC1=O)OCc1ccccc1.O=C(O)CN1CCCCC1=O. The van der Waals surface area contributed by atoms with Crippen LogP contribution in [0.3, 0.4) is 0 Å². The highest BCUT2D eigenvalue weighted by atomic mass is 16.5. The average molecular weight is 404 g/mol. The van der Waals surface area contributed by atoms with Crippen LogP contribution in [0.4, 0.5) is 0 Å². The largest absolute Gasteiger partial charge is 0.480 e. The zero-order chi connectivity index (χ0) is 21.1. The second kappa shape index (κ2) is 11.8. The lowest BCUT2D eigenvalue weighted by Gasteiger charge is -2.25. The lowest BCUT2D eigenvalue weighted by atomic mass is 10.1. The van der Waals surface area contributed by atoms with Crippen LogP contribution < -0.4 is 0 Å². The molecule has 0 bridgehead atoms. The maximum absolute atomic E-state index is 11.6. The number of nitrogens with zero attached hydrogens (tertiary/aromatic N) is 2. The molecule has 2 fully saturated rings. The second-order valence-electron chi connectivity index (χ2n) is 7.08. The van der Waals surface area contributed by atoms with Crippen molar-refractivity contribution in [2.45, 2.75) is 45.1 Å². The fraction of sp³-hybridized carbons (Fsp3) is 0.524. The molecule has 3 rings (SSSR count). The number of ether oxygens (including phenoxy) is 1. The summed E-state index contributed by atoms with van der Waals surface area (Å²) in [4.78, 5) is 47.3. The molecule has 2 heterocycles. The Balaban J connectivity index is 0.000000234. The highest BCUT2D eigenvalue weighted by Crippen LogP contribution is 2.11. The van der Waals surface area contributed by atoms with Crippen LogP contribution in [-0.2, 0) is 30.5 Å². The van der Waals surface area contributed by atoms with Crippen LogP contribution in [0.15, 0.2) is 30.3 Å². The van der Waals surface area contributed by atoms with Crippen LogP contribution in [0.1, 0.15) is 44.1 Å². The van der Waals surface area contributed by atoms with E-state index >= 15 is 0 Å². The van der Waals surface area contributed by atoms with Gasteiger partial charge in [0.05, 0.1) is 0 Å². The molecule has 8 heteroatoms. The van der Waals surface area contributed by atoms with Crippen molar-refractivity contribution in [2.75, 3.05) is 26.2 Å². The van der Waals surface area contributed by atoms with Crippen LogP contribution >= 0.6 is 0 Å². The fourth-order valence-corrected chi connectivity index (χ4v) is 3.16. The number of rotatable bonds is 6. The molecule has 0 saturated carbocycles. The van der Waals surface area contributed by atoms with Crippen molar-refractivity contribution in [2.24, 2.45) is 0 Å². The lowest BCUT2D eigenvalue weighted by Crippen LogP contribution is -2.39. The van der Waals surface area contributed by atoms with E-state index in [1.54, 1.807) is 4.90 Å². The minimum atomic E-state index is -0.930. The number of benzene rings is 1. The van der Waals surface area contributed by atoms with E-state index in [1.165, 1.54) is 4.90 Å². The first kappa shape index (κ1) is 22.4. The summed E-state index contributed by atoms with van der Waals surface area (Å²) in [5, 5.41) is 8.39. The van der Waals surface area contributed by atoms with Crippen molar-refractivity contribution in [3.8, 4) is 0 Å². The van der Waals surface area contributed by atoms with Crippen LogP contribution in [0.5, 0.6) is 0 Å². The number of piperidine rings is 2. The number of carbonyl (C=O) groups excluding carboxylic acids is 3. The van der Waals surface area contributed by atoms with Gasteiger partial charge in [-0.1, -0.05) is 30.3 Å². The molecule has 1 aromatic rings. The molecule has 1 N–H and O–H groups in total. The van der Waals surface area contributed by atoms with Gasteiger partial charge in [0.1, 0.15) is 19.7 Å². The van der Waals surface area contributed by atoms with E-state index < -0.39 is 5.97 Å². The van der Waals surface area contributed by atoms with E-state index in [0.717, 1.165) is 31.2 Å². The van der Waals surface area contributed by atoms with Crippen molar-refractivity contribution >= 4 is 23.8 Å². The molecule has 0 aliphatic carbocycles. The van der Waals surface area contributed by atoms with Crippen molar-refractivity contribution in [1.29, 1.82) is 0 Å². The van der Waals surface area contributed by atoms with E-state index in [4.69, 9.17) is 9.84 Å². The summed E-state index contributed by atoms with van der Waals surface area (Å²) < 4.78 is 5.15. The molecule has 0 spiro atoms. The van der Waals surface area contributed by atoms with Gasteiger partial charge in [0.25, 0.3) is 0 Å². The third kappa shape index (κ3) is 8.33. The van der Waals surface area contributed by atoms with E-state index in [9.17, 15) is 19.2 Å². The highest BCUT2D eigenvalue weighted by Gasteiger charge is 2.21. The number of carboxylic acids is 1. The van der Waals surface area contributed by atoms with E-state index in [-0.39, 0.29) is 37.5 Å². The molecule has 0 atom stereocenters.